The average Bonchev–Trinajstić information content (AvgIpc) is 2.63. The quantitative estimate of drug-likeness (QED) is 0.856. The standard InChI is InChI=1S/C14H14N2O3/c1-10-12(8-9-13(17)18)14(16(2)15-10)19-11-6-4-3-5-7-11/h3-9H,1-2H3,(H,17,18)/b9-8+. The molecule has 1 N–H and O–H groups in total. The third-order valence-electron chi connectivity index (χ3n) is 2.56. The van der Waals surface area contributed by atoms with Crippen LogP contribution < -0.4 is 4.74 Å². The van der Waals surface area contributed by atoms with E-state index in [9.17, 15) is 4.79 Å². The highest BCUT2D eigenvalue weighted by Crippen LogP contribution is 2.27. The summed E-state index contributed by atoms with van der Waals surface area (Å²) in [6, 6.07) is 9.28. The predicted molar refractivity (Wildman–Crippen MR) is 71.1 cm³/mol. The number of para-hydroxylation sites is 1. The number of carboxylic acid groups (broad SMARTS) is 1. The number of aromatic nitrogens is 2. The summed E-state index contributed by atoms with van der Waals surface area (Å²) in [6.45, 7) is 1.80. The van der Waals surface area contributed by atoms with Gasteiger partial charge in [0.15, 0.2) is 0 Å². The van der Waals surface area contributed by atoms with E-state index in [-0.39, 0.29) is 0 Å². The summed E-state index contributed by atoms with van der Waals surface area (Å²) >= 11 is 0. The van der Waals surface area contributed by atoms with Gasteiger partial charge in [0.2, 0.25) is 5.88 Å². The van der Waals surface area contributed by atoms with E-state index in [4.69, 9.17) is 9.84 Å². The number of carbonyl (C=O) groups is 1. The van der Waals surface area contributed by atoms with Gasteiger partial charge in [-0.15, -0.1) is 0 Å². The Balaban J connectivity index is 2.37. The van der Waals surface area contributed by atoms with E-state index in [0.29, 0.717) is 22.9 Å². The molecule has 0 fully saturated rings. The van der Waals surface area contributed by atoms with Gasteiger partial charge in [0, 0.05) is 13.1 Å². The minimum Gasteiger partial charge on any atom is -0.478 e. The van der Waals surface area contributed by atoms with Crippen molar-refractivity contribution in [2.75, 3.05) is 0 Å². The SMILES string of the molecule is Cc1nn(C)c(Oc2ccccc2)c1/C=C/C(=O)O. The van der Waals surface area contributed by atoms with Crippen molar-refractivity contribution in [1.29, 1.82) is 0 Å². The molecular formula is C14H14N2O3. The first kappa shape index (κ1) is 12.9. The first-order valence-corrected chi connectivity index (χ1v) is 5.75. The molecule has 0 aliphatic rings. The largest absolute Gasteiger partial charge is 0.478 e. The van der Waals surface area contributed by atoms with Crippen molar-refractivity contribution >= 4 is 12.0 Å². The number of rotatable bonds is 4. The van der Waals surface area contributed by atoms with Crippen molar-refractivity contribution < 1.29 is 14.6 Å². The van der Waals surface area contributed by atoms with E-state index in [1.165, 1.54) is 6.08 Å². The molecule has 0 unspecified atom stereocenters. The Bertz CT molecular complexity index is 615. The predicted octanol–water partition coefficient (Wildman–Crippen LogP) is 2.62. The minimum atomic E-state index is -1.01. The third kappa shape index (κ3) is 3.01. The molecule has 5 nitrogen and oxygen atoms in total. The Labute approximate surface area is 110 Å². The second kappa shape index (κ2) is 5.39. The average molecular weight is 258 g/mol. The number of aliphatic carboxylic acids is 1. The maximum Gasteiger partial charge on any atom is 0.328 e. The van der Waals surface area contributed by atoms with Gasteiger partial charge in [0.25, 0.3) is 0 Å². The van der Waals surface area contributed by atoms with Crippen LogP contribution in [-0.4, -0.2) is 20.9 Å². The molecule has 1 aromatic heterocycles. The molecular weight excluding hydrogens is 244 g/mol. The fraction of sp³-hybridized carbons (Fsp3) is 0.143. The summed E-state index contributed by atoms with van der Waals surface area (Å²) in [6.07, 6.45) is 2.56. The highest BCUT2D eigenvalue weighted by molar-refractivity contribution is 5.86. The number of carboxylic acids is 1. The molecule has 98 valence electrons. The number of benzene rings is 1. The van der Waals surface area contributed by atoms with Crippen LogP contribution in [0, 0.1) is 6.92 Å². The Morgan fingerprint density at radius 2 is 2.05 bits per heavy atom. The number of hydrogen-bond acceptors (Lipinski definition) is 3. The van der Waals surface area contributed by atoms with Gasteiger partial charge < -0.3 is 9.84 Å². The molecule has 0 saturated carbocycles. The van der Waals surface area contributed by atoms with E-state index in [0.717, 1.165) is 6.08 Å². The van der Waals surface area contributed by atoms with Gasteiger partial charge in [-0.1, -0.05) is 18.2 Å². The minimum absolute atomic E-state index is 0.515. The smallest absolute Gasteiger partial charge is 0.328 e. The van der Waals surface area contributed by atoms with E-state index >= 15 is 0 Å². The lowest BCUT2D eigenvalue weighted by atomic mass is 10.2. The van der Waals surface area contributed by atoms with Gasteiger partial charge in [0.1, 0.15) is 5.75 Å². The van der Waals surface area contributed by atoms with Crippen LogP contribution in [0.5, 0.6) is 11.6 Å². The molecule has 2 aromatic rings. The second-order valence-electron chi connectivity index (χ2n) is 4.01. The van der Waals surface area contributed by atoms with E-state index in [2.05, 4.69) is 5.10 Å². The highest BCUT2D eigenvalue weighted by atomic mass is 16.5. The molecule has 1 heterocycles. The van der Waals surface area contributed by atoms with Crippen LogP contribution in [0.1, 0.15) is 11.3 Å². The fourth-order valence-corrected chi connectivity index (χ4v) is 1.72. The molecule has 5 heteroatoms. The van der Waals surface area contributed by atoms with Crippen LogP contribution in [0.25, 0.3) is 6.08 Å². The number of ether oxygens (including phenoxy) is 1. The summed E-state index contributed by atoms with van der Waals surface area (Å²) < 4.78 is 7.34. The van der Waals surface area contributed by atoms with Gasteiger partial charge in [-0.25, -0.2) is 9.48 Å². The lowest BCUT2D eigenvalue weighted by Crippen LogP contribution is -1.96. The summed E-state index contributed by atoms with van der Waals surface area (Å²) in [7, 11) is 1.75. The Morgan fingerprint density at radius 1 is 1.37 bits per heavy atom. The van der Waals surface area contributed by atoms with Gasteiger partial charge in [-0.3, -0.25) is 0 Å². The summed E-state index contributed by atoms with van der Waals surface area (Å²) in [5.41, 5.74) is 1.37. The maximum absolute atomic E-state index is 10.6. The zero-order valence-corrected chi connectivity index (χ0v) is 10.7. The molecule has 0 aliphatic carbocycles. The molecule has 1 aromatic carbocycles. The van der Waals surface area contributed by atoms with Crippen molar-refractivity contribution in [2.24, 2.45) is 7.05 Å². The van der Waals surface area contributed by atoms with Gasteiger partial charge >= 0.3 is 5.97 Å². The fourth-order valence-electron chi connectivity index (χ4n) is 1.72. The maximum atomic E-state index is 10.6. The van der Waals surface area contributed by atoms with Crippen molar-refractivity contribution in [3.05, 3.63) is 47.7 Å². The molecule has 0 atom stereocenters. The first-order chi connectivity index (χ1) is 9.08. The lowest BCUT2D eigenvalue weighted by molar-refractivity contribution is -0.131. The van der Waals surface area contributed by atoms with Crippen LogP contribution in [0.2, 0.25) is 0 Å². The molecule has 19 heavy (non-hydrogen) atoms. The van der Waals surface area contributed by atoms with Crippen molar-refractivity contribution in [1.82, 2.24) is 9.78 Å². The summed E-state index contributed by atoms with van der Waals surface area (Å²) in [5.74, 6) is 0.186. The lowest BCUT2D eigenvalue weighted by Gasteiger charge is -2.06. The molecule has 2 rings (SSSR count). The molecule has 0 saturated heterocycles. The van der Waals surface area contributed by atoms with Crippen LogP contribution in [-0.2, 0) is 11.8 Å². The molecule has 0 amide bonds. The van der Waals surface area contributed by atoms with Crippen molar-refractivity contribution in [3.8, 4) is 11.6 Å². The molecule has 0 spiro atoms. The van der Waals surface area contributed by atoms with Gasteiger partial charge in [0.05, 0.1) is 11.3 Å². The summed E-state index contributed by atoms with van der Waals surface area (Å²) in [5, 5.41) is 12.9. The van der Waals surface area contributed by atoms with Crippen LogP contribution in [0.15, 0.2) is 36.4 Å². The zero-order chi connectivity index (χ0) is 13.8. The number of nitrogens with zero attached hydrogens (tertiary/aromatic N) is 2. The Hall–Kier alpha value is -2.56. The summed E-state index contributed by atoms with van der Waals surface area (Å²) in [4.78, 5) is 10.6. The van der Waals surface area contributed by atoms with Crippen LogP contribution >= 0.6 is 0 Å². The number of hydrogen-bond donors (Lipinski definition) is 1. The zero-order valence-electron chi connectivity index (χ0n) is 10.7. The molecule has 0 bridgehead atoms. The van der Waals surface area contributed by atoms with Crippen molar-refractivity contribution in [2.45, 2.75) is 6.92 Å². The second-order valence-corrected chi connectivity index (χ2v) is 4.01. The monoisotopic (exact) mass is 258 g/mol. The third-order valence-corrected chi connectivity index (χ3v) is 2.56. The van der Waals surface area contributed by atoms with E-state index in [1.54, 1.807) is 18.7 Å². The van der Waals surface area contributed by atoms with Crippen molar-refractivity contribution in [3.63, 3.8) is 0 Å². The van der Waals surface area contributed by atoms with Gasteiger partial charge in [-0.05, 0) is 25.1 Å². The topological polar surface area (TPSA) is 64.4 Å². The normalized spacial score (nSPS) is 10.8. The number of aryl methyl sites for hydroxylation is 2. The van der Waals surface area contributed by atoms with Gasteiger partial charge in [-0.2, -0.15) is 5.10 Å². The van der Waals surface area contributed by atoms with Crippen LogP contribution in [0.3, 0.4) is 0 Å². The Kier molecular flexibility index (Phi) is 3.66. The highest BCUT2D eigenvalue weighted by Gasteiger charge is 2.13. The van der Waals surface area contributed by atoms with E-state index < -0.39 is 5.97 Å². The van der Waals surface area contributed by atoms with Crippen LogP contribution in [0.4, 0.5) is 0 Å². The molecule has 0 aliphatic heterocycles. The first-order valence-electron chi connectivity index (χ1n) is 5.75. The Morgan fingerprint density at radius 3 is 2.68 bits per heavy atom. The van der Waals surface area contributed by atoms with E-state index in [1.807, 2.05) is 30.3 Å². The molecule has 0 radical (unpaired) electrons.